The van der Waals surface area contributed by atoms with Gasteiger partial charge < -0.3 is 19.1 Å². The zero-order valence-corrected chi connectivity index (χ0v) is 17.7. The molecule has 0 atom stereocenters. The first-order valence-corrected chi connectivity index (χ1v) is 10.6. The zero-order chi connectivity index (χ0) is 20.9. The number of piperidine rings is 1. The molecule has 1 amide bonds. The number of nitriles is 1. The Morgan fingerprint density at radius 3 is 2.07 bits per heavy atom. The fourth-order valence-electron chi connectivity index (χ4n) is 3.86. The van der Waals surface area contributed by atoms with Gasteiger partial charge in [-0.3, -0.25) is 0 Å². The molecule has 0 unspecified atom stereocenters. The number of amides is 1. The lowest BCUT2D eigenvalue weighted by atomic mass is 9.94. The predicted octanol–water partition coefficient (Wildman–Crippen LogP) is 4.66. The Labute approximate surface area is 173 Å². The van der Waals surface area contributed by atoms with E-state index < -0.39 is 5.60 Å². The second kappa shape index (κ2) is 9.49. The molecular weight excluding hydrogens is 368 g/mol. The number of hydrogen-bond donors (Lipinski definition) is 0. The molecule has 2 aliphatic rings. The van der Waals surface area contributed by atoms with Crippen LogP contribution in [-0.2, 0) is 9.47 Å². The molecule has 0 N–H and O–H groups in total. The van der Waals surface area contributed by atoms with Gasteiger partial charge in [0.1, 0.15) is 11.4 Å². The van der Waals surface area contributed by atoms with Crippen molar-refractivity contribution in [3.05, 3.63) is 29.8 Å². The SMILES string of the molecule is CC(C)(C)OC(=O)N1CCC(OC2CCC(Oc3ccc(C#N)cc3)CC2)CC1. The minimum absolute atomic E-state index is 0.205. The second-order valence-corrected chi connectivity index (χ2v) is 8.96. The number of nitrogens with zero attached hydrogens (tertiary/aromatic N) is 2. The normalized spacial score (nSPS) is 23.3. The minimum atomic E-state index is -0.455. The van der Waals surface area contributed by atoms with Crippen molar-refractivity contribution in [2.45, 2.75) is 83.2 Å². The van der Waals surface area contributed by atoms with Gasteiger partial charge in [-0.1, -0.05) is 0 Å². The van der Waals surface area contributed by atoms with Gasteiger partial charge in [-0.05, 0) is 83.6 Å². The topological polar surface area (TPSA) is 71.8 Å². The molecule has 0 spiro atoms. The monoisotopic (exact) mass is 400 g/mol. The van der Waals surface area contributed by atoms with E-state index in [0.29, 0.717) is 18.7 Å². The molecule has 3 rings (SSSR count). The fourth-order valence-corrected chi connectivity index (χ4v) is 3.86. The van der Waals surface area contributed by atoms with Crippen LogP contribution in [0.4, 0.5) is 4.79 Å². The Morgan fingerprint density at radius 1 is 0.966 bits per heavy atom. The highest BCUT2D eigenvalue weighted by Gasteiger charge is 2.30. The van der Waals surface area contributed by atoms with E-state index in [0.717, 1.165) is 44.3 Å². The largest absolute Gasteiger partial charge is 0.490 e. The first kappa shape index (κ1) is 21.4. The average molecular weight is 401 g/mol. The summed E-state index contributed by atoms with van der Waals surface area (Å²) in [7, 11) is 0. The Balaban J connectivity index is 1.36. The van der Waals surface area contributed by atoms with Gasteiger partial charge in [0.05, 0.1) is 29.9 Å². The van der Waals surface area contributed by atoms with Crippen LogP contribution in [0.3, 0.4) is 0 Å². The molecule has 0 aromatic heterocycles. The van der Waals surface area contributed by atoms with E-state index in [9.17, 15) is 4.79 Å². The molecule has 0 bridgehead atoms. The Kier molecular flexibility index (Phi) is 7.02. The summed E-state index contributed by atoms with van der Waals surface area (Å²) in [5, 5.41) is 8.87. The smallest absolute Gasteiger partial charge is 0.410 e. The van der Waals surface area contributed by atoms with Crippen LogP contribution in [0.1, 0.15) is 64.9 Å². The number of hydrogen-bond acceptors (Lipinski definition) is 5. The second-order valence-electron chi connectivity index (χ2n) is 8.96. The van der Waals surface area contributed by atoms with Crippen molar-refractivity contribution in [3.8, 4) is 11.8 Å². The first-order chi connectivity index (χ1) is 13.8. The highest BCUT2D eigenvalue weighted by molar-refractivity contribution is 5.68. The maximum Gasteiger partial charge on any atom is 0.410 e. The minimum Gasteiger partial charge on any atom is -0.490 e. The van der Waals surface area contributed by atoms with Crippen LogP contribution in [0.15, 0.2) is 24.3 Å². The summed E-state index contributed by atoms with van der Waals surface area (Å²) >= 11 is 0. The van der Waals surface area contributed by atoms with E-state index in [2.05, 4.69) is 6.07 Å². The quantitative estimate of drug-likeness (QED) is 0.735. The molecule has 1 heterocycles. The third-order valence-corrected chi connectivity index (χ3v) is 5.39. The van der Waals surface area contributed by atoms with E-state index in [1.54, 1.807) is 17.0 Å². The molecule has 2 fully saturated rings. The predicted molar refractivity (Wildman–Crippen MR) is 110 cm³/mol. The number of ether oxygens (including phenoxy) is 3. The van der Waals surface area contributed by atoms with Crippen LogP contribution < -0.4 is 4.74 Å². The Hall–Kier alpha value is -2.26. The van der Waals surface area contributed by atoms with Gasteiger partial charge in [-0.25, -0.2) is 4.79 Å². The van der Waals surface area contributed by atoms with Crippen molar-refractivity contribution < 1.29 is 19.0 Å². The molecular formula is C23H32N2O4. The maximum atomic E-state index is 12.2. The van der Waals surface area contributed by atoms with Gasteiger partial charge in [0.25, 0.3) is 0 Å². The molecule has 1 aliphatic heterocycles. The zero-order valence-electron chi connectivity index (χ0n) is 17.7. The molecule has 6 heteroatoms. The van der Waals surface area contributed by atoms with Crippen LogP contribution >= 0.6 is 0 Å². The lowest BCUT2D eigenvalue weighted by Gasteiger charge is -2.36. The molecule has 0 radical (unpaired) electrons. The van der Waals surface area contributed by atoms with Crippen molar-refractivity contribution in [2.24, 2.45) is 0 Å². The maximum absolute atomic E-state index is 12.2. The molecule has 1 saturated heterocycles. The number of rotatable bonds is 4. The van der Waals surface area contributed by atoms with Crippen molar-refractivity contribution in [1.82, 2.24) is 4.90 Å². The third kappa shape index (κ3) is 6.64. The van der Waals surface area contributed by atoms with Crippen molar-refractivity contribution in [3.63, 3.8) is 0 Å². The standard InChI is InChI=1S/C23H32N2O4/c1-23(2,3)29-22(26)25-14-12-21(13-15-25)28-20-10-8-19(9-11-20)27-18-6-4-17(16-24)5-7-18/h4-7,19-21H,8-15H2,1-3H3. The Morgan fingerprint density at radius 2 is 1.52 bits per heavy atom. The summed E-state index contributed by atoms with van der Waals surface area (Å²) in [5.41, 5.74) is 0.190. The van der Waals surface area contributed by atoms with Gasteiger partial charge in [0, 0.05) is 13.1 Å². The summed E-state index contributed by atoms with van der Waals surface area (Å²) in [5.74, 6) is 0.822. The summed E-state index contributed by atoms with van der Waals surface area (Å²) in [4.78, 5) is 14.0. The van der Waals surface area contributed by atoms with Crippen molar-refractivity contribution >= 4 is 6.09 Å². The first-order valence-electron chi connectivity index (χ1n) is 10.6. The number of carbonyl (C=O) groups excluding carboxylic acids is 1. The van der Waals surface area contributed by atoms with Crippen LogP contribution in [0, 0.1) is 11.3 Å². The van der Waals surface area contributed by atoms with Crippen LogP contribution in [0.2, 0.25) is 0 Å². The van der Waals surface area contributed by atoms with Crippen LogP contribution in [-0.4, -0.2) is 48.0 Å². The molecule has 1 aromatic rings. The number of carbonyl (C=O) groups is 1. The third-order valence-electron chi connectivity index (χ3n) is 5.39. The molecule has 158 valence electrons. The van der Waals surface area contributed by atoms with Crippen LogP contribution in [0.25, 0.3) is 0 Å². The number of benzene rings is 1. The summed E-state index contributed by atoms with van der Waals surface area (Å²) < 4.78 is 17.8. The van der Waals surface area contributed by atoms with E-state index in [-0.39, 0.29) is 24.4 Å². The summed E-state index contributed by atoms with van der Waals surface area (Å²) in [6.45, 7) is 7.06. The van der Waals surface area contributed by atoms with Crippen molar-refractivity contribution in [1.29, 1.82) is 5.26 Å². The average Bonchev–Trinajstić information content (AvgIpc) is 2.69. The van der Waals surface area contributed by atoms with Gasteiger partial charge in [-0.2, -0.15) is 5.26 Å². The summed E-state index contributed by atoms with van der Waals surface area (Å²) in [6, 6.07) is 9.41. The Bertz CT molecular complexity index is 704. The fraction of sp³-hybridized carbons (Fsp3) is 0.652. The molecule has 1 saturated carbocycles. The molecule has 1 aliphatic carbocycles. The van der Waals surface area contributed by atoms with E-state index >= 15 is 0 Å². The highest BCUT2D eigenvalue weighted by atomic mass is 16.6. The molecule has 1 aromatic carbocycles. The van der Waals surface area contributed by atoms with Crippen molar-refractivity contribution in [2.75, 3.05) is 13.1 Å². The van der Waals surface area contributed by atoms with Crippen LogP contribution in [0.5, 0.6) is 5.75 Å². The van der Waals surface area contributed by atoms with Gasteiger partial charge in [-0.15, -0.1) is 0 Å². The summed E-state index contributed by atoms with van der Waals surface area (Å²) in [6.07, 6.45) is 6.13. The van der Waals surface area contributed by atoms with E-state index in [1.165, 1.54) is 0 Å². The van der Waals surface area contributed by atoms with Gasteiger partial charge in [0.15, 0.2) is 0 Å². The van der Waals surface area contributed by atoms with Gasteiger partial charge in [0.2, 0.25) is 0 Å². The molecule has 6 nitrogen and oxygen atoms in total. The van der Waals surface area contributed by atoms with E-state index in [4.69, 9.17) is 19.5 Å². The van der Waals surface area contributed by atoms with E-state index in [1.807, 2.05) is 32.9 Å². The lowest BCUT2D eigenvalue weighted by Crippen LogP contribution is -2.44. The highest BCUT2D eigenvalue weighted by Crippen LogP contribution is 2.28. The van der Waals surface area contributed by atoms with Gasteiger partial charge >= 0.3 is 6.09 Å². The number of likely N-dealkylation sites (tertiary alicyclic amines) is 1. The molecule has 29 heavy (non-hydrogen) atoms. The lowest BCUT2D eigenvalue weighted by molar-refractivity contribution is -0.0675.